The molecule has 1 aliphatic heterocycles. The second-order valence-corrected chi connectivity index (χ2v) is 5.80. The Morgan fingerprint density at radius 3 is 2.38 bits per heavy atom. The lowest BCUT2D eigenvalue weighted by Gasteiger charge is -2.39. The molecule has 0 saturated carbocycles. The van der Waals surface area contributed by atoms with Gasteiger partial charge in [0.05, 0.1) is 0 Å². The Balaban J connectivity index is 1.51. The minimum absolute atomic E-state index is 0.633. The van der Waals surface area contributed by atoms with Crippen molar-refractivity contribution in [2.24, 2.45) is 0 Å². The summed E-state index contributed by atoms with van der Waals surface area (Å²) in [5, 5.41) is 0. The predicted molar refractivity (Wildman–Crippen MR) is 86.7 cm³/mol. The highest BCUT2D eigenvalue weighted by Crippen LogP contribution is 2.28. The lowest BCUT2D eigenvalue weighted by molar-refractivity contribution is 0.149. The minimum Gasteiger partial charge on any atom is -0.489 e. The molecule has 0 N–H and O–H groups in total. The second kappa shape index (κ2) is 6.77. The van der Waals surface area contributed by atoms with Crippen LogP contribution in [-0.2, 0) is 6.61 Å². The van der Waals surface area contributed by atoms with Crippen molar-refractivity contribution in [1.29, 1.82) is 0 Å². The molecule has 0 unspecified atom stereocenters. The normalized spacial score (nSPS) is 15.7. The smallest absolute Gasteiger partial charge is 0.119 e. The molecule has 0 aliphatic carbocycles. The van der Waals surface area contributed by atoms with Gasteiger partial charge in [0, 0.05) is 19.0 Å². The van der Waals surface area contributed by atoms with Crippen molar-refractivity contribution in [2.75, 3.05) is 19.6 Å². The van der Waals surface area contributed by atoms with Gasteiger partial charge in [0.25, 0.3) is 0 Å². The Kier molecular flexibility index (Phi) is 4.56. The van der Waals surface area contributed by atoms with Gasteiger partial charge >= 0.3 is 0 Å². The molecule has 0 amide bonds. The van der Waals surface area contributed by atoms with Crippen LogP contribution >= 0.6 is 0 Å². The van der Waals surface area contributed by atoms with Crippen LogP contribution in [0.1, 0.15) is 30.4 Å². The molecule has 1 heterocycles. The van der Waals surface area contributed by atoms with Crippen LogP contribution in [0.15, 0.2) is 54.6 Å². The van der Waals surface area contributed by atoms with Gasteiger partial charge in [0.1, 0.15) is 12.4 Å². The molecular weight excluding hydrogens is 258 g/mol. The van der Waals surface area contributed by atoms with Gasteiger partial charge in [-0.25, -0.2) is 0 Å². The molecule has 0 atom stereocenters. The summed E-state index contributed by atoms with van der Waals surface area (Å²) in [6, 6.07) is 18.9. The van der Waals surface area contributed by atoms with Crippen LogP contribution in [0.4, 0.5) is 0 Å². The Labute approximate surface area is 127 Å². The van der Waals surface area contributed by atoms with Crippen molar-refractivity contribution in [1.82, 2.24) is 4.90 Å². The molecule has 2 heteroatoms. The molecule has 0 radical (unpaired) electrons. The SMILES string of the molecule is CCCN1CC(c2ccc(OCc3ccccc3)cc2)C1. The maximum absolute atomic E-state index is 5.83. The number of hydrogen-bond acceptors (Lipinski definition) is 2. The summed E-state index contributed by atoms with van der Waals surface area (Å²) in [4.78, 5) is 2.52. The fourth-order valence-corrected chi connectivity index (χ4v) is 2.86. The lowest BCUT2D eigenvalue weighted by Crippen LogP contribution is -2.45. The monoisotopic (exact) mass is 281 g/mol. The molecule has 110 valence electrons. The lowest BCUT2D eigenvalue weighted by atomic mass is 9.91. The van der Waals surface area contributed by atoms with E-state index in [9.17, 15) is 0 Å². The van der Waals surface area contributed by atoms with Gasteiger partial charge in [-0.1, -0.05) is 49.4 Å². The highest BCUT2D eigenvalue weighted by molar-refractivity contribution is 5.31. The van der Waals surface area contributed by atoms with Gasteiger partial charge in [0.2, 0.25) is 0 Å². The van der Waals surface area contributed by atoms with E-state index in [1.807, 2.05) is 18.2 Å². The first-order valence-electron chi connectivity index (χ1n) is 7.84. The van der Waals surface area contributed by atoms with Crippen LogP contribution < -0.4 is 4.74 Å². The zero-order valence-electron chi connectivity index (χ0n) is 12.7. The molecule has 0 aromatic heterocycles. The van der Waals surface area contributed by atoms with E-state index in [0.717, 1.165) is 5.75 Å². The van der Waals surface area contributed by atoms with E-state index in [2.05, 4.69) is 48.2 Å². The Morgan fingerprint density at radius 2 is 1.71 bits per heavy atom. The fraction of sp³-hybridized carbons (Fsp3) is 0.368. The van der Waals surface area contributed by atoms with E-state index in [0.29, 0.717) is 12.5 Å². The molecule has 21 heavy (non-hydrogen) atoms. The van der Waals surface area contributed by atoms with Crippen LogP contribution in [0.25, 0.3) is 0 Å². The summed E-state index contributed by atoms with van der Waals surface area (Å²) in [5.41, 5.74) is 2.64. The van der Waals surface area contributed by atoms with Crippen LogP contribution in [0.2, 0.25) is 0 Å². The summed E-state index contributed by atoms with van der Waals surface area (Å²) in [6.45, 7) is 6.52. The number of nitrogens with zero attached hydrogens (tertiary/aromatic N) is 1. The Morgan fingerprint density at radius 1 is 1.00 bits per heavy atom. The first-order valence-corrected chi connectivity index (χ1v) is 7.84. The van der Waals surface area contributed by atoms with E-state index in [4.69, 9.17) is 4.74 Å². The second-order valence-electron chi connectivity index (χ2n) is 5.80. The van der Waals surface area contributed by atoms with Gasteiger partial charge in [0.15, 0.2) is 0 Å². The summed E-state index contributed by atoms with van der Waals surface area (Å²) < 4.78 is 5.83. The third-order valence-corrected chi connectivity index (χ3v) is 4.10. The molecule has 2 aromatic carbocycles. The van der Waals surface area contributed by atoms with E-state index < -0.39 is 0 Å². The van der Waals surface area contributed by atoms with Gasteiger partial charge in [-0.15, -0.1) is 0 Å². The molecule has 1 saturated heterocycles. The van der Waals surface area contributed by atoms with Crippen molar-refractivity contribution >= 4 is 0 Å². The number of benzene rings is 2. The minimum atomic E-state index is 0.633. The van der Waals surface area contributed by atoms with Crippen molar-refractivity contribution in [3.05, 3.63) is 65.7 Å². The predicted octanol–water partition coefficient (Wildman–Crippen LogP) is 4.07. The fourth-order valence-electron chi connectivity index (χ4n) is 2.86. The summed E-state index contributed by atoms with van der Waals surface area (Å²) in [6.07, 6.45) is 1.25. The van der Waals surface area contributed by atoms with Crippen molar-refractivity contribution < 1.29 is 4.74 Å². The largest absolute Gasteiger partial charge is 0.489 e. The first kappa shape index (κ1) is 14.2. The molecule has 3 rings (SSSR count). The molecule has 2 nitrogen and oxygen atoms in total. The van der Waals surface area contributed by atoms with Gasteiger partial charge < -0.3 is 9.64 Å². The molecule has 1 aliphatic rings. The Hall–Kier alpha value is -1.80. The first-order chi connectivity index (χ1) is 10.3. The number of hydrogen-bond donors (Lipinski definition) is 0. The average molecular weight is 281 g/mol. The summed E-state index contributed by atoms with van der Waals surface area (Å²) >= 11 is 0. The van der Waals surface area contributed by atoms with Crippen molar-refractivity contribution in [2.45, 2.75) is 25.9 Å². The molecular formula is C19H23NO. The van der Waals surface area contributed by atoms with Crippen molar-refractivity contribution in [3.8, 4) is 5.75 Å². The quantitative estimate of drug-likeness (QED) is 0.791. The maximum Gasteiger partial charge on any atom is 0.119 e. The van der Waals surface area contributed by atoms with Crippen molar-refractivity contribution in [3.63, 3.8) is 0 Å². The highest BCUT2D eigenvalue weighted by Gasteiger charge is 2.26. The zero-order valence-corrected chi connectivity index (χ0v) is 12.7. The maximum atomic E-state index is 5.83. The molecule has 1 fully saturated rings. The number of rotatable bonds is 6. The standard InChI is InChI=1S/C19H23NO/c1-2-12-20-13-18(14-20)17-8-10-19(11-9-17)21-15-16-6-4-3-5-7-16/h3-11,18H,2,12-15H2,1H3. The van der Waals surface area contributed by atoms with Crippen LogP contribution in [-0.4, -0.2) is 24.5 Å². The summed E-state index contributed by atoms with van der Waals surface area (Å²) in [5.74, 6) is 1.66. The van der Waals surface area contributed by atoms with E-state index in [-0.39, 0.29) is 0 Å². The van der Waals surface area contributed by atoms with Crippen LogP contribution in [0.5, 0.6) is 5.75 Å². The van der Waals surface area contributed by atoms with Crippen LogP contribution in [0, 0.1) is 0 Å². The number of likely N-dealkylation sites (tertiary alicyclic amines) is 1. The van der Waals surface area contributed by atoms with E-state index in [1.165, 1.54) is 37.2 Å². The van der Waals surface area contributed by atoms with E-state index in [1.54, 1.807) is 0 Å². The summed E-state index contributed by atoms with van der Waals surface area (Å²) in [7, 11) is 0. The third-order valence-electron chi connectivity index (χ3n) is 4.10. The molecule has 0 spiro atoms. The average Bonchev–Trinajstić information content (AvgIpc) is 2.50. The van der Waals surface area contributed by atoms with Gasteiger partial charge in [-0.2, -0.15) is 0 Å². The highest BCUT2D eigenvalue weighted by atomic mass is 16.5. The third kappa shape index (κ3) is 3.64. The van der Waals surface area contributed by atoms with E-state index >= 15 is 0 Å². The topological polar surface area (TPSA) is 12.5 Å². The Bertz CT molecular complexity index is 544. The van der Waals surface area contributed by atoms with Gasteiger partial charge in [-0.3, -0.25) is 0 Å². The van der Waals surface area contributed by atoms with Gasteiger partial charge in [-0.05, 0) is 36.2 Å². The molecule has 0 bridgehead atoms. The van der Waals surface area contributed by atoms with Crippen LogP contribution in [0.3, 0.4) is 0 Å². The molecule has 2 aromatic rings. The zero-order chi connectivity index (χ0) is 14.5. The number of ether oxygens (including phenoxy) is 1.